The van der Waals surface area contributed by atoms with Crippen molar-refractivity contribution in [1.82, 2.24) is 5.32 Å². The molecule has 0 saturated heterocycles. The highest BCUT2D eigenvalue weighted by molar-refractivity contribution is 9.10. The molecule has 0 bridgehead atoms. The molecule has 1 N–H and O–H groups in total. The predicted molar refractivity (Wildman–Crippen MR) is 106 cm³/mol. The fourth-order valence-corrected chi connectivity index (χ4v) is 3.08. The van der Waals surface area contributed by atoms with Crippen LogP contribution in [0.25, 0.3) is 6.08 Å². The fourth-order valence-electron chi connectivity index (χ4n) is 2.66. The van der Waals surface area contributed by atoms with Gasteiger partial charge in [0, 0.05) is 18.1 Å². The summed E-state index contributed by atoms with van der Waals surface area (Å²) in [6.07, 6.45) is 1.67. The van der Waals surface area contributed by atoms with Crippen molar-refractivity contribution in [2.24, 2.45) is 0 Å². The number of nitrogens with one attached hydrogen (secondary N) is 1. The van der Waals surface area contributed by atoms with Crippen LogP contribution in [0.5, 0.6) is 5.75 Å². The number of carbonyl (C=O) groups excluding carboxylic acids is 2. The van der Waals surface area contributed by atoms with Crippen molar-refractivity contribution in [3.63, 3.8) is 0 Å². The standard InChI is InChI=1S/C20H19BrN2O4/c1-26-10-9-22-19(24)13-23-16-7-2-3-8-17(16)27-18(20(23)25)12-14-5-4-6-15(21)11-14/h2-8,11-12H,9-10,13H2,1H3,(H,22,24). The van der Waals surface area contributed by atoms with E-state index in [1.54, 1.807) is 31.4 Å². The van der Waals surface area contributed by atoms with Crippen molar-refractivity contribution in [2.45, 2.75) is 0 Å². The zero-order valence-corrected chi connectivity index (χ0v) is 16.4. The molecule has 2 aromatic rings. The number of hydrogen-bond donors (Lipinski definition) is 1. The van der Waals surface area contributed by atoms with Crippen LogP contribution in [0.1, 0.15) is 5.56 Å². The second-order valence-electron chi connectivity index (χ2n) is 5.87. The van der Waals surface area contributed by atoms with Gasteiger partial charge in [0.1, 0.15) is 6.54 Å². The number of nitrogens with zero attached hydrogens (tertiary/aromatic N) is 1. The minimum Gasteiger partial charge on any atom is -0.449 e. The molecule has 2 amide bonds. The third kappa shape index (κ3) is 4.75. The number of carbonyl (C=O) groups is 2. The number of fused-ring (bicyclic) bond motifs is 1. The molecule has 0 atom stereocenters. The summed E-state index contributed by atoms with van der Waals surface area (Å²) in [6.45, 7) is 0.697. The lowest BCUT2D eigenvalue weighted by Gasteiger charge is -2.30. The van der Waals surface area contributed by atoms with Crippen molar-refractivity contribution in [3.8, 4) is 5.75 Å². The summed E-state index contributed by atoms with van der Waals surface area (Å²) in [5.41, 5.74) is 1.38. The van der Waals surface area contributed by atoms with Crippen molar-refractivity contribution < 1.29 is 19.1 Å². The number of rotatable bonds is 6. The number of benzene rings is 2. The molecule has 0 fully saturated rings. The first kappa shape index (κ1) is 19.1. The van der Waals surface area contributed by atoms with Crippen molar-refractivity contribution in [3.05, 3.63) is 64.3 Å². The van der Waals surface area contributed by atoms with Crippen LogP contribution < -0.4 is 15.0 Å². The van der Waals surface area contributed by atoms with Gasteiger partial charge in [-0.3, -0.25) is 14.5 Å². The Labute approximate surface area is 165 Å². The molecular formula is C20H19BrN2O4. The maximum atomic E-state index is 13.0. The van der Waals surface area contributed by atoms with Crippen LogP contribution in [-0.2, 0) is 14.3 Å². The third-order valence-electron chi connectivity index (χ3n) is 3.91. The van der Waals surface area contributed by atoms with E-state index >= 15 is 0 Å². The maximum Gasteiger partial charge on any atom is 0.294 e. The van der Waals surface area contributed by atoms with E-state index in [0.717, 1.165) is 10.0 Å². The topological polar surface area (TPSA) is 67.9 Å². The molecule has 0 unspecified atom stereocenters. The van der Waals surface area contributed by atoms with Crippen LogP contribution in [0.4, 0.5) is 5.69 Å². The second kappa shape index (κ2) is 8.83. The largest absolute Gasteiger partial charge is 0.449 e. The molecule has 27 heavy (non-hydrogen) atoms. The molecule has 1 heterocycles. The molecule has 0 radical (unpaired) electrons. The molecule has 1 aliphatic heterocycles. The molecular weight excluding hydrogens is 412 g/mol. The van der Waals surface area contributed by atoms with Crippen LogP contribution in [0.15, 0.2) is 58.8 Å². The molecule has 7 heteroatoms. The normalized spacial score (nSPS) is 14.7. The van der Waals surface area contributed by atoms with Gasteiger partial charge < -0.3 is 14.8 Å². The van der Waals surface area contributed by atoms with Crippen LogP contribution in [0, 0.1) is 0 Å². The number of halogens is 1. The van der Waals surface area contributed by atoms with Crippen LogP contribution in [0.2, 0.25) is 0 Å². The fraction of sp³-hybridized carbons (Fsp3) is 0.200. The number of hydrogen-bond acceptors (Lipinski definition) is 4. The van der Waals surface area contributed by atoms with E-state index in [1.165, 1.54) is 4.90 Å². The average molecular weight is 431 g/mol. The molecule has 1 aliphatic rings. The van der Waals surface area contributed by atoms with Gasteiger partial charge in [-0.1, -0.05) is 40.2 Å². The predicted octanol–water partition coefficient (Wildman–Crippen LogP) is 2.98. The van der Waals surface area contributed by atoms with Crippen molar-refractivity contribution >= 4 is 39.5 Å². The first-order valence-corrected chi connectivity index (χ1v) is 9.19. The summed E-state index contributed by atoms with van der Waals surface area (Å²) in [6, 6.07) is 14.7. The van der Waals surface area contributed by atoms with Crippen molar-refractivity contribution in [1.29, 1.82) is 0 Å². The highest BCUT2D eigenvalue weighted by Crippen LogP contribution is 2.35. The Kier molecular flexibility index (Phi) is 6.26. The van der Waals surface area contributed by atoms with Gasteiger partial charge >= 0.3 is 0 Å². The summed E-state index contributed by atoms with van der Waals surface area (Å²) >= 11 is 3.41. The van der Waals surface area contributed by atoms with Crippen LogP contribution in [0.3, 0.4) is 0 Å². The summed E-state index contributed by atoms with van der Waals surface area (Å²) in [5.74, 6) is 0.0639. The quantitative estimate of drug-likeness (QED) is 0.564. The van der Waals surface area contributed by atoms with E-state index < -0.39 is 0 Å². The highest BCUT2D eigenvalue weighted by Gasteiger charge is 2.31. The summed E-state index contributed by atoms with van der Waals surface area (Å²) in [4.78, 5) is 26.6. The lowest BCUT2D eigenvalue weighted by molar-refractivity contribution is -0.123. The Balaban J connectivity index is 1.87. The third-order valence-corrected chi connectivity index (χ3v) is 4.40. The van der Waals surface area contributed by atoms with E-state index in [1.807, 2.05) is 30.3 Å². The van der Waals surface area contributed by atoms with Gasteiger partial charge in [-0.25, -0.2) is 0 Å². The second-order valence-corrected chi connectivity index (χ2v) is 6.78. The smallest absolute Gasteiger partial charge is 0.294 e. The molecule has 140 valence electrons. The summed E-state index contributed by atoms with van der Waals surface area (Å²) in [7, 11) is 1.56. The van der Waals surface area contributed by atoms with Gasteiger partial charge in [0.15, 0.2) is 11.5 Å². The molecule has 0 aliphatic carbocycles. The average Bonchev–Trinajstić information content (AvgIpc) is 2.65. The monoisotopic (exact) mass is 430 g/mol. The van der Waals surface area contributed by atoms with Gasteiger partial charge in [-0.15, -0.1) is 0 Å². The van der Waals surface area contributed by atoms with E-state index in [2.05, 4.69) is 21.2 Å². The molecule has 3 rings (SSSR count). The van der Waals surface area contributed by atoms with Gasteiger partial charge in [-0.2, -0.15) is 0 Å². The zero-order chi connectivity index (χ0) is 19.2. The van der Waals surface area contributed by atoms with E-state index in [0.29, 0.717) is 24.6 Å². The van der Waals surface area contributed by atoms with Gasteiger partial charge in [0.2, 0.25) is 5.91 Å². The number of methoxy groups -OCH3 is 1. The van der Waals surface area contributed by atoms with Gasteiger partial charge in [0.05, 0.1) is 12.3 Å². The highest BCUT2D eigenvalue weighted by atomic mass is 79.9. The number of anilines is 1. The van der Waals surface area contributed by atoms with E-state index in [-0.39, 0.29) is 24.1 Å². The summed E-state index contributed by atoms with van der Waals surface area (Å²) < 4.78 is 11.6. The lowest BCUT2D eigenvalue weighted by Crippen LogP contribution is -2.44. The zero-order valence-electron chi connectivity index (χ0n) is 14.8. The lowest BCUT2D eigenvalue weighted by atomic mass is 10.1. The minimum absolute atomic E-state index is 0.0985. The van der Waals surface area contributed by atoms with Crippen molar-refractivity contribution in [2.75, 3.05) is 31.7 Å². The van der Waals surface area contributed by atoms with E-state index in [9.17, 15) is 9.59 Å². The molecule has 6 nitrogen and oxygen atoms in total. The molecule has 0 aromatic heterocycles. The number of amides is 2. The number of para-hydroxylation sites is 2. The SMILES string of the molecule is COCCNC(=O)CN1C(=O)C(=Cc2cccc(Br)c2)Oc2ccccc21. The number of ether oxygens (including phenoxy) is 2. The first-order chi connectivity index (χ1) is 13.1. The van der Waals surface area contributed by atoms with Gasteiger partial charge in [-0.05, 0) is 35.9 Å². The van der Waals surface area contributed by atoms with Crippen LogP contribution in [-0.4, -0.2) is 38.6 Å². The molecule has 0 spiro atoms. The Morgan fingerprint density at radius 1 is 1.26 bits per heavy atom. The van der Waals surface area contributed by atoms with Gasteiger partial charge in [0.25, 0.3) is 5.91 Å². The Morgan fingerprint density at radius 3 is 2.85 bits per heavy atom. The molecule has 0 saturated carbocycles. The maximum absolute atomic E-state index is 13.0. The minimum atomic E-state index is -0.365. The van der Waals surface area contributed by atoms with E-state index in [4.69, 9.17) is 9.47 Å². The Morgan fingerprint density at radius 2 is 2.07 bits per heavy atom. The summed E-state index contributed by atoms with van der Waals surface area (Å²) in [5, 5.41) is 2.73. The first-order valence-electron chi connectivity index (χ1n) is 8.40. The Hall–Kier alpha value is -2.64. The Bertz CT molecular complexity index is 882. The van der Waals surface area contributed by atoms with Crippen LogP contribution >= 0.6 is 15.9 Å². The molecule has 2 aromatic carbocycles.